The van der Waals surface area contributed by atoms with Gasteiger partial charge >= 0.3 is 0 Å². The molecule has 0 aromatic carbocycles. The van der Waals surface area contributed by atoms with E-state index in [0.717, 1.165) is 6.54 Å². The van der Waals surface area contributed by atoms with E-state index in [0.29, 0.717) is 22.5 Å². The third-order valence-electron chi connectivity index (χ3n) is 3.71. The molecule has 0 amide bonds. The Hall–Kier alpha value is -2.19. The Balaban J connectivity index is 1.78. The Bertz CT molecular complexity index is 902. The zero-order chi connectivity index (χ0) is 15.7. The number of nitrogens with one attached hydrogen (secondary N) is 3. The predicted molar refractivity (Wildman–Crippen MR) is 87.3 cm³/mol. The standard InChI is InChI=1S/C14H18N6OS/c1-9(15-6-10-4-3-5-19(10)2)7-20-12-11(16-8-17-12)13(21)18-14(20)22/h3-5,8-9,15H,6-7H2,1-2H3,(H,16,17)(H,18,21,22). The normalized spacial score (nSPS) is 12.8. The van der Waals surface area contributed by atoms with Crippen molar-refractivity contribution in [3.8, 4) is 0 Å². The Labute approximate surface area is 132 Å². The number of aryl methyl sites for hydroxylation is 1. The molecule has 116 valence electrons. The summed E-state index contributed by atoms with van der Waals surface area (Å²) in [5.74, 6) is 0. The van der Waals surface area contributed by atoms with Crippen LogP contribution in [0.3, 0.4) is 0 Å². The lowest BCUT2D eigenvalue weighted by Gasteiger charge is -2.16. The fourth-order valence-corrected chi connectivity index (χ4v) is 2.70. The van der Waals surface area contributed by atoms with E-state index in [4.69, 9.17) is 12.2 Å². The summed E-state index contributed by atoms with van der Waals surface area (Å²) in [5, 5.41) is 3.46. The molecule has 3 aromatic rings. The first kappa shape index (κ1) is 14.7. The van der Waals surface area contributed by atoms with Gasteiger partial charge in [0.25, 0.3) is 5.56 Å². The van der Waals surface area contributed by atoms with E-state index < -0.39 is 0 Å². The molecular formula is C14H18N6OS. The SMILES string of the molecule is CC(Cn1c(=S)[nH]c(=O)c2[nH]cnc21)NCc1cccn1C. The second kappa shape index (κ2) is 5.90. The number of hydrogen-bond donors (Lipinski definition) is 3. The quantitative estimate of drug-likeness (QED) is 0.619. The molecular weight excluding hydrogens is 300 g/mol. The van der Waals surface area contributed by atoms with Crippen LogP contribution in [0.2, 0.25) is 0 Å². The van der Waals surface area contributed by atoms with Crippen molar-refractivity contribution in [3.63, 3.8) is 0 Å². The van der Waals surface area contributed by atoms with Gasteiger partial charge in [-0.05, 0) is 31.3 Å². The molecule has 0 spiro atoms. The van der Waals surface area contributed by atoms with Crippen molar-refractivity contribution in [2.24, 2.45) is 7.05 Å². The van der Waals surface area contributed by atoms with Gasteiger partial charge in [0.1, 0.15) is 5.52 Å². The molecule has 0 aliphatic carbocycles. The number of H-pyrrole nitrogens is 2. The Kier molecular flexibility index (Phi) is 3.95. The van der Waals surface area contributed by atoms with Gasteiger partial charge in [-0.2, -0.15) is 0 Å². The zero-order valence-corrected chi connectivity index (χ0v) is 13.3. The maximum absolute atomic E-state index is 11.8. The van der Waals surface area contributed by atoms with Crippen LogP contribution in [0.15, 0.2) is 29.5 Å². The highest BCUT2D eigenvalue weighted by molar-refractivity contribution is 7.71. The first-order valence-electron chi connectivity index (χ1n) is 7.06. The molecule has 22 heavy (non-hydrogen) atoms. The molecule has 3 aromatic heterocycles. The first-order chi connectivity index (χ1) is 10.6. The maximum atomic E-state index is 11.8. The molecule has 3 rings (SSSR count). The monoisotopic (exact) mass is 318 g/mol. The van der Waals surface area contributed by atoms with E-state index in [1.54, 1.807) is 0 Å². The van der Waals surface area contributed by atoms with Crippen LogP contribution in [0.5, 0.6) is 0 Å². The smallest absolute Gasteiger partial charge is 0.277 e. The van der Waals surface area contributed by atoms with Crippen molar-refractivity contribution >= 4 is 23.4 Å². The number of fused-ring (bicyclic) bond motifs is 1. The van der Waals surface area contributed by atoms with Crippen LogP contribution in [-0.4, -0.2) is 30.1 Å². The fraction of sp³-hybridized carbons (Fsp3) is 0.357. The van der Waals surface area contributed by atoms with E-state index >= 15 is 0 Å². The molecule has 3 N–H and O–H groups in total. The predicted octanol–water partition coefficient (Wildman–Crippen LogP) is 1.30. The fourth-order valence-electron chi connectivity index (χ4n) is 2.45. The van der Waals surface area contributed by atoms with Crippen LogP contribution in [0.25, 0.3) is 11.2 Å². The molecule has 0 radical (unpaired) electrons. The van der Waals surface area contributed by atoms with Crippen molar-refractivity contribution in [2.45, 2.75) is 26.1 Å². The van der Waals surface area contributed by atoms with Crippen LogP contribution in [-0.2, 0) is 20.1 Å². The van der Waals surface area contributed by atoms with Gasteiger partial charge < -0.3 is 14.9 Å². The van der Waals surface area contributed by atoms with Crippen LogP contribution < -0.4 is 10.9 Å². The third kappa shape index (κ3) is 2.75. The zero-order valence-electron chi connectivity index (χ0n) is 12.5. The van der Waals surface area contributed by atoms with E-state index in [-0.39, 0.29) is 11.6 Å². The molecule has 0 bridgehead atoms. The van der Waals surface area contributed by atoms with Crippen molar-refractivity contribution in [2.75, 3.05) is 0 Å². The molecule has 1 unspecified atom stereocenters. The van der Waals surface area contributed by atoms with Gasteiger partial charge in [-0.1, -0.05) is 0 Å². The average Bonchev–Trinajstić information content (AvgIpc) is 3.10. The Morgan fingerprint density at radius 3 is 3.05 bits per heavy atom. The summed E-state index contributed by atoms with van der Waals surface area (Å²) < 4.78 is 4.31. The third-order valence-corrected chi connectivity index (χ3v) is 4.03. The number of aromatic nitrogens is 5. The first-order valence-corrected chi connectivity index (χ1v) is 7.47. The van der Waals surface area contributed by atoms with Crippen LogP contribution in [0.4, 0.5) is 0 Å². The molecule has 8 heteroatoms. The highest BCUT2D eigenvalue weighted by atomic mass is 32.1. The minimum Gasteiger partial charge on any atom is -0.353 e. The van der Waals surface area contributed by atoms with Gasteiger partial charge in [-0.25, -0.2) is 4.98 Å². The second-order valence-corrected chi connectivity index (χ2v) is 5.75. The molecule has 0 saturated carbocycles. The van der Waals surface area contributed by atoms with Crippen LogP contribution in [0, 0.1) is 4.77 Å². The summed E-state index contributed by atoms with van der Waals surface area (Å²) in [7, 11) is 2.02. The van der Waals surface area contributed by atoms with Crippen molar-refractivity contribution in [3.05, 3.63) is 45.5 Å². The van der Waals surface area contributed by atoms with E-state index in [1.807, 2.05) is 23.9 Å². The number of imidazole rings is 1. The maximum Gasteiger partial charge on any atom is 0.277 e. The lowest BCUT2D eigenvalue weighted by atomic mass is 10.3. The molecule has 0 saturated heterocycles. The topological polar surface area (TPSA) is 83.4 Å². The summed E-state index contributed by atoms with van der Waals surface area (Å²) in [5.41, 5.74) is 2.00. The van der Waals surface area contributed by atoms with E-state index in [9.17, 15) is 4.79 Å². The van der Waals surface area contributed by atoms with Crippen molar-refractivity contribution in [1.29, 1.82) is 0 Å². The van der Waals surface area contributed by atoms with Gasteiger partial charge in [0.05, 0.1) is 6.33 Å². The Morgan fingerprint density at radius 1 is 1.50 bits per heavy atom. The lowest BCUT2D eigenvalue weighted by molar-refractivity contribution is 0.468. The van der Waals surface area contributed by atoms with E-state index in [2.05, 4.69) is 37.8 Å². The van der Waals surface area contributed by atoms with Crippen molar-refractivity contribution < 1.29 is 0 Å². The molecule has 3 heterocycles. The summed E-state index contributed by atoms with van der Waals surface area (Å²) in [6, 6.07) is 4.27. The summed E-state index contributed by atoms with van der Waals surface area (Å²) in [6.07, 6.45) is 3.53. The van der Waals surface area contributed by atoms with E-state index in [1.165, 1.54) is 12.0 Å². The van der Waals surface area contributed by atoms with Crippen molar-refractivity contribution in [1.82, 2.24) is 29.4 Å². The average molecular weight is 318 g/mol. The number of nitrogens with zero attached hydrogens (tertiary/aromatic N) is 3. The number of hydrogen-bond acceptors (Lipinski definition) is 4. The Morgan fingerprint density at radius 2 is 2.32 bits per heavy atom. The molecule has 7 nitrogen and oxygen atoms in total. The molecule has 0 fully saturated rings. The lowest BCUT2D eigenvalue weighted by Crippen LogP contribution is -2.31. The molecule has 0 aliphatic rings. The minimum absolute atomic E-state index is 0.174. The van der Waals surface area contributed by atoms with Gasteiger partial charge in [-0.15, -0.1) is 0 Å². The second-order valence-electron chi connectivity index (χ2n) is 5.36. The van der Waals surface area contributed by atoms with Gasteiger partial charge in [0.15, 0.2) is 10.4 Å². The van der Waals surface area contributed by atoms with Crippen LogP contribution >= 0.6 is 12.2 Å². The van der Waals surface area contributed by atoms with Gasteiger partial charge in [0, 0.05) is 38.1 Å². The van der Waals surface area contributed by atoms with Crippen LogP contribution in [0.1, 0.15) is 12.6 Å². The number of aromatic amines is 2. The summed E-state index contributed by atoms with van der Waals surface area (Å²) in [6.45, 7) is 3.47. The highest BCUT2D eigenvalue weighted by Gasteiger charge is 2.11. The number of rotatable bonds is 5. The van der Waals surface area contributed by atoms with Gasteiger partial charge in [-0.3, -0.25) is 14.3 Å². The minimum atomic E-state index is -0.238. The summed E-state index contributed by atoms with van der Waals surface area (Å²) >= 11 is 5.26. The summed E-state index contributed by atoms with van der Waals surface area (Å²) in [4.78, 5) is 21.5. The van der Waals surface area contributed by atoms with Gasteiger partial charge in [0.2, 0.25) is 0 Å². The highest BCUT2D eigenvalue weighted by Crippen LogP contribution is 2.06. The molecule has 0 aliphatic heterocycles. The molecule has 1 atom stereocenters. The largest absolute Gasteiger partial charge is 0.353 e.